The van der Waals surface area contributed by atoms with Crippen molar-refractivity contribution in [3.05, 3.63) is 53.3 Å². The van der Waals surface area contributed by atoms with Crippen molar-refractivity contribution in [3.63, 3.8) is 0 Å². The summed E-state index contributed by atoms with van der Waals surface area (Å²) >= 11 is 0. The van der Waals surface area contributed by atoms with Crippen LogP contribution in [0.1, 0.15) is 37.2 Å². The van der Waals surface area contributed by atoms with Gasteiger partial charge >= 0.3 is 0 Å². The van der Waals surface area contributed by atoms with E-state index < -0.39 is 5.91 Å². The standard InChI is InChI=1S/C20H26N4O2/c1-14(2)12-21-19(25)11-20(26)23-22-13-17-10-15(3)24(16(17)4)18-8-6-5-7-9-18/h5-10,13-14H,11-12H2,1-4H3,(H,21,25)(H,23,26)/b22-13+. The molecular weight excluding hydrogens is 328 g/mol. The number of nitrogens with one attached hydrogen (secondary N) is 2. The zero-order valence-corrected chi connectivity index (χ0v) is 15.7. The minimum absolute atomic E-state index is 0.229. The van der Waals surface area contributed by atoms with Crippen molar-refractivity contribution in [1.29, 1.82) is 0 Å². The molecule has 0 aliphatic rings. The van der Waals surface area contributed by atoms with Gasteiger partial charge in [0.05, 0.1) is 6.21 Å². The number of aromatic nitrogens is 1. The second-order valence-electron chi connectivity index (χ2n) is 6.67. The number of aryl methyl sites for hydroxylation is 1. The van der Waals surface area contributed by atoms with Crippen molar-refractivity contribution in [1.82, 2.24) is 15.3 Å². The van der Waals surface area contributed by atoms with E-state index in [2.05, 4.69) is 20.4 Å². The van der Waals surface area contributed by atoms with Crippen LogP contribution in [0, 0.1) is 19.8 Å². The van der Waals surface area contributed by atoms with E-state index in [4.69, 9.17) is 0 Å². The fraction of sp³-hybridized carbons (Fsp3) is 0.350. The molecule has 6 heteroatoms. The Kier molecular flexibility index (Phi) is 6.72. The monoisotopic (exact) mass is 354 g/mol. The number of benzene rings is 1. The van der Waals surface area contributed by atoms with E-state index in [1.807, 2.05) is 64.1 Å². The molecule has 0 fully saturated rings. The van der Waals surface area contributed by atoms with Crippen molar-refractivity contribution in [3.8, 4) is 5.69 Å². The van der Waals surface area contributed by atoms with Crippen LogP contribution in [0.25, 0.3) is 5.69 Å². The maximum Gasteiger partial charge on any atom is 0.249 e. The van der Waals surface area contributed by atoms with E-state index in [-0.39, 0.29) is 12.3 Å². The van der Waals surface area contributed by atoms with Crippen LogP contribution in [0.4, 0.5) is 0 Å². The van der Waals surface area contributed by atoms with Crippen molar-refractivity contribution in [2.45, 2.75) is 34.1 Å². The zero-order chi connectivity index (χ0) is 19.1. The molecule has 26 heavy (non-hydrogen) atoms. The number of hydrogen-bond donors (Lipinski definition) is 2. The fourth-order valence-electron chi connectivity index (χ4n) is 2.63. The van der Waals surface area contributed by atoms with Gasteiger partial charge in [-0.05, 0) is 38.0 Å². The fourth-order valence-corrected chi connectivity index (χ4v) is 2.63. The second kappa shape index (κ2) is 8.99. The van der Waals surface area contributed by atoms with Gasteiger partial charge in [-0.25, -0.2) is 5.43 Å². The summed E-state index contributed by atoms with van der Waals surface area (Å²) in [4.78, 5) is 23.4. The highest BCUT2D eigenvalue weighted by molar-refractivity contribution is 5.97. The summed E-state index contributed by atoms with van der Waals surface area (Å²) in [6.07, 6.45) is 1.37. The third kappa shape index (κ3) is 5.31. The molecule has 2 amide bonds. The van der Waals surface area contributed by atoms with Crippen LogP contribution in [-0.4, -0.2) is 29.1 Å². The lowest BCUT2D eigenvalue weighted by atomic mass is 10.2. The predicted octanol–water partition coefficient (Wildman–Crippen LogP) is 2.71. The summed E-state index contributed by atoms with van der Waals surface area (Å²) in [5, 5.41) is 6.69. The minimum atomic E-state index is -0.431. The molecule has 2 N–H and O–H groups in total. The first-order valence-corrected chi connectivity index (χ1v) is 8.71. The second-order valence-corrected chi connectivity index (χ2v) is 6.67. The quantitative estimate of drug-likeness (QED) is 0.456. The smallest absolute Gasteiger partial charge is 0.249 e. The van der Waals surface area contributed by atoms with Crippen LogP contribution in [0.3, 0.4) is 0 Å². The van der Waals surface area contributed by atoms with Crippen LogP contribution >= 0.6 is 0 Å². The predicted molar refractivity (Wildman–Crippen MR) is 103 cm³/mol. The molecule has 1 aromatic heterocycles. The summed E-state index contributed by atoms with van der Waals surface area (Å²) in [6.45, 7) is 8.57. The van der Waals surface area contributed by atoms with E-state index >= 15 is 0 Å². The number of hydrazone groups is 1. The maximum absolute atomic E-state index is 11.8. The van der Waals surface area contributed by atoms with E-state index in [0.29, 0.717) is 12.5 Å². The Morgan fingerprint density at radius 1 is 1.15 bits per heavy atom. The molecule has 0 radical (unpaired) electrons. The lowest BCUT2D eigenvalue weighted by Gasteiger charge is -2.09. The van der Waals surface area contributed by atoms with Crippen LogP contribution in [-0.2, 0) is 9.59 Å². The van der Waals surface area contributed by atoms with Gasteiger partial charge in [-0.3, -0.25) is 9.59 Å². The molecule has 2 aromatic rings. The van der Waals surface area contributed by atoms with Crippen molar-refractivity contribution in [2.24, 2.45) is 11.0 Å². The number of carbonyl (C=O) groups is 2. The number of rotatable bonds is 7. The van der Waals surface area contributed by atoms with Gasteiger partial charge in [0.15, 0.2) is 0 Å². The molecule has 0 unspecified atom stereocenters. The van der Waals surface area contributed by atoms with Crippen molar-refractivity contribution in [2.75, 3.05) is 6.54 Å². The largest absolute Gasteiger partial charge is 0.355 e. The molecule has 0 aliphatic heterocycles. The van der Waals surface area contributed by atoms with Gasteiger partial charge in [-0.2, -0.15) is 5.10 Å². The van der Waals surface area contributed by atoms with Crippen molar-refractivity contribution < 1.29 is 9.59 Å². The first-order valence-electron chi connectivity index (χ1n) is 8.71. The number of hydrogen-bond acceptors (Lipinski definition) is 3. The summed E-state index contributed by atoms with van der Waals surface area (Å²) in [5.74, 6) is -0.382. The van der Waals surface area contributed by atoms with Gasteiger partial charge in [0, 0.05) is 29.2 Å². The number of nitrogens with zero attached hydrogens (tertiary/aromatic N) is 2. The van der Waals surface area contributed by atoms with Crippen LogP contribution in [0.2, 0.25) is 0 Å². The van der Waals surface area contributed by atoms with Crippen LogP contribution in [0.15, 0.2) is 41.5 Å². The first-order chi connectivity index (χ1) is 12.4. The normalized spacial score (nSPS) is 11.1. The number of carbonyl (C=O) groups excluding carboxylic acids is 2. The summed E-state index contributed by atoms with van der Waals surface area (Å²) in [6, 6.07) is 12.1. The summed E-state index contributed by atoms with van der Waals surface area (Å²) in [7, 11) is 0. The third-order valence-corrected chi connectivity index (χ3v) is 3.91. The Hall–Kier alpha value is -2.89. The molecule has 1 aromatic carbocycles. The summed E-state index contributed by atoms with van der Waals surface area (Å²) < 4.78 is 2.13. The molecule has 2 rings (SSSR count). The first kappa shape index (κ1) is 19.4. The lowest BCUT2D eigenvalue weighted by Crippen LogP contribution is -2.32. The van der Waals surface area contributed by atoms with Gasteiger partial charge in [0.2, 0.25) is 11.8 Å². The van der Waals surface area contributed by atoms with Gasteiger partial charge in [-0.1, -0.05) is 32.0 Å². The van der Waals surface area contributed by atoms with Gasteiger partial charge in [0.1, 0.15) is 6.42 Å². The third-order valence-electron chi connectivity index (χ3n) is 3.91. The molecule has 0 atom stereocenters. The van der Waals surface area contributed by atoms with E-state index in [0.717, 1.165) is 22.6 Å². The Morgan fingerprint density at radius 3 is 2.50 bits per heavy atom. The van der Waals surface area contributed by atoms with Gasteiger partial charge in [0.25, 0.3) is 0 Å². The number of amides is 2. The molecular formula is C20H26N4O2. The van der Waals surface area contributed by atoms with Crippen LogP contribution < -0.4 is 10.7 Å². The topological polar surface area (TPSA) is 75.5 Å². The lowest BCUT2D eigenvalue weighted by molar-refractivity contribution is -0.129. The number of para-hydroxylation sites is 1. The maximum atomic E-state index is 11.8. The van der Waals surface area contributed by atoms with Crippen molar-refractivity contribution >= 4 is 18.0 Å². The SMILES string of the molecule is Cc1cc(/C=N/NC(=O)CC(=O)NCC(C)C)c(C)n1-c1ccccc1. The highest BCUT2D eigenvalue weighted by Gasteiger charge is 2.10. The Balaban J connectivity index is 1.97. The average Bonchev–Trinajstić information content (AvgIpc) is 2.87. The molecule has 0 bridgehead atoms. The van der Waals surface area contributed by atoms with E-state index in [1.165, 1.54) is 0 Å². The van der Waals surface area contributed by atoms with Gasteiger partial charge < -0.3 is 9.88 Å². The highest BCUT2D eigenvalue weighted by Crippen LogP contribution is 2.19. The van der Waals surface area contributed by atoms with Gasteiger partial charge in [-0.15, -0.1) is 0 Å². The Labute approximate surface area is 154 Å². The van der Waals surface area contributed by atoms with E-state index in [9.17, 15) is 9.59 Å². The van der Waals surface area contributed by atoms with Crippen LogP contribution in [0.5, 0.6) is 0 Å². The minimum Gasteiger partial charge on any atom is -0.355 e. The zero-order valence-electron chi connectivity index (χ0n) is 15.7. The molecule has 0 aliphatic carbocycles. The summed E-state index contributed by atoms with van der Waals surface area (Å²) in [5.41, 5.74) is 6.50. The Morgan fingerprint density at radius 2 is 1.85 bits per heavy atom. The molecule has 0 saturated carbocycles. The molecule has 138 valence electrons. The Bertz CT molecular complexity index is 792. The molecule has 0 saturated heterocycles. The average molecular weight is 354 g/mol. The molecule has 6 nitrogen and oxygen atoms in total. The van der Waals surface area contributed by atoms with E-state index in [1.54, 1.807) is 6.21 Å². The molecule has 0 spiro atoms. The highest BCUT2D eigenvalue weighted by atomic mass is 16.2. The molecule has 1 heterocycles.